The molecular formula is C31H38N4O6. The minimum absolute atomic E-state index is 0.0175. The number of rotatable bonds is 14. The van der Waals surface area contributed by atoms with Gasteiger partial charge in [0.05, 0.1) is 30.6 Å². The lowest BCUT2D eigenvalue weighted by atomic mass is 10.1. The molecule has 41 heavy (non-hydrogen) atoms. The van der Waals surface area contributed by atoms with Gasteiger partial charge in [-0.15, -0.1) is 0 Å². The van der Waals surface area contributed by atoms with Crippen molar-refractivity contribution in [2.24, 2.45) is 0 Å². The first-order valence-electron chi connectivity index (χ1n) is 13.3. The molecule has 0 saturated carbocycles. The maximum atomic E-state index is 12.6. The molecule has 10 heteroatoms. The van der Waals surface area contributed by atoms with Crippen molar-refractivity contribution in [2.75, 3.05) is 49.4 Å². The zero-order valence-electron chi connectivity index (χ0n) is 24.1. The summed E-state index contributed by atoms with van der Waals surface area (Å²) >= 11 is 0. The Kier molecular flexibility index (Phi) is 11.1. The van der Waals surface area contributed by atoms with Crippen molar-refractivity contribution < 1.29 is 29.0 Å². The number of ether oxygens (including phenoxy) is 2. The number of nitrogens with one attached hydrogen (secondary N) is 3. The number of hydrogen-bond donors (Lipinski definition) is 4. The first-order chi connectivity index (χ1) is 19.6. The number of aryl methyl sites for hydroxylation is 1. The molecule has 3 aromatic rings. The summed E-state index contributed by atoms with van der Waals surface area (Å²) in [4.78, 5) is 38.4. The molecule has 0 spiro atoms. The van der Waals surface area contributed by atoms with E-state index in [-0.39, 0.29) is 30.4 Å². The van der Waals surface area contributed by atoms with E-state index in [2.05, 4.69) is 16.0 Å². The molecule has 0 aromatic heterocycles. The summed E-state index contributed by atoms with van der Waals surface area (Å²) in [5.41, 5.74) is 3.79. The SMILES string of the molecule is COc1cc(CC(=O)CNCCOc2ccc(C(=O)O)cc2N(C)C(C)C)ccc1NC(=O)Nc1ccccc1C. The van der Waals surface area contributed by atoms with E-state index in [1.807, 2.05) is 57.0 Å². The first-order valence-corrected chi connectivity index (χ1v) is 13.3. The number of nitrogens with zero attached hydrogens (tertiary/aromatic N) is 1. The van der Waals surface area contributed by atoms with Crippen molar-refractivity contribution >= 4 is 34.8 Å². The van der Waals surface area contributed by atoms with Gasteiger partial charge in [0, 0.05) is 31.7 Å². The van der Waals surface area contributed by atoms with Crippen LogP contribution in [0.25, 0.3) is 0 Å². The molecule has 0 fully saturated rings. The van der Waals surface area contributed by atoms with Crippen LogP contribution in [-0.2, 0) is 11.2 Å². The zero-order valence-corrected chi connectivity index (χ0v) is 24.1. The lowest BCUT2D eigenvalue weighted by Gasteiger charge is -2.26. The highest BCUT2D eigenvalue weighted by Crippen LogP contribution is 2.30. The van der Waals surface area contributed by atoms with E-state index in [0.717, 1.165) is 11.1 Å². The van der Waals surface area contributed by atoms with Gasteiger partial charge in [0.15, 0.2) is 5.78 Å². The van der Waals surface area contributed by atoms with Gasteiger partial charge in [-0.3, -0.25) is 4.79 Å². The van der Waals surface area contributed by atoms with Gasteiger partial charge in [-0.25, -0.2) is 9.59 Å². The highest BCUT2D eigenvalue weighted by atomic mass is 16.5. The van der Waals surface area contributed by atoms with Crippen LogP contribution in [0.2, 0.25) is 0 Å². The molecular weight excluding hydrogens is 524 g/mol. The number of anilines is 3. The molecule has 3 aromatic carbocycles. The van der Waals surface area contributed by atoms with Crippen LogP contribution in [0.3, 0.4) is 0 Å². The normalized spacial score (nSPS) is 10.7. The third-order valence-corrected chi connectivity index (χ3v) is 6.53. The summed E-state index contributed by atoms with van der Waals surface area (Å²) in [5.74, 6) is 0.0128. The Morgan fingerprint density at radius 2 is 1.68 bits per heavy atom. The fraction of sp³-hybridized carbons (Fsp3) is 0.323. The second-order valence-electron chi connectivity index (χ2n) is 9.86. The summed E-state index contributed by atoms with van der Waals surface area (Å²) in [6, 6.07) is 17.2. The third-order valence-electron chi connectivity index (χ3n) is 6.53. The molecule has 0 unspecified atom stereocenters. The number of hydrogen-bond acceptors (Lipinski definition) is 7. The van der Waals surface area contributed by atoms with E-state index >= 15 is 0 Å². The van der Waals surface area contributed by atoms with Crippen molar-refractivity contribution in [3.8, 4) is 11.5 Å². The molecule has 0 aliphatic carbocycles. The van der Waals surface area contributed by atoms with Gasteiger partial charge in [-0.2, -0.15) is 0 Å². The van der Waals surface area contributed by atoms with Gasteiger partial charge in [-0.1, -0.05) is 24.3 Å². The Morgan fingerprint density at radius 1 is 0.951 bits per heavy atom. The molecule has 0 saturated heterocycles. The number of carbonyl (C=O) groups excluding carboxylic acids is 2. The number of carboxylic acids is 1. The smallest absolute Gasteiger partial charge is 0.335 e. The van der Waals surface area contributed by atoms with E-state index in [1.165, 1.54) is 13.2 Å². The van der Waals surface area contributed by atoms with Crippen molar-refractivity contribution in [3.63, 3.8) is 0 Å². The lowest BCUT2D eigenvalue weighted by Crippen LogP contribution is -2.29. The summed E-state index contributed by atoms with van der Waals surface area (Å²) in [5, 5.41) is 18.0. The van der Waals surface area contributed by atoms with Crippen LogP contribution in [0.1, 0.15) is 35.3 Å². The van der Waals surface area contributed by atoms with Crippen LogP contribution in [0, 0.1) is 6.92 Å². The fourth-order valence-electron chi connectivity index (χ4n) is 4.02. The first kappa shape index (κ1) is 31.0. The zero-order chi connectivity index (χ0) is 29.9. The van der Waals surface area contributed by atoms with Gasteiger partial charge < -0.3 is 35.4 Å². The van der Waals surface area contributed by atoms with E-state index in [0.29, 0.717) is 41.7 Å². The summed E-state index contributed by atoms with van der Waals surface area (Å²) in [7, 11) is 3.39. The Balaban J connectivity index is 1.48. The van der Waals surface area contributed by atoms with Crippen LogP contribution >= 0.6 is 0 Å². The Labute approximate surface area is 240 Å². The van der Waals surface area contributed by atoms with Crippen molar-refractivity contribution in [3.05, 3.63) is 77.4 Å². The standard InChI is InChI=1S/C31H38N4O6/c1-20(2)35(4)27-18-23(30(37)38)11-13-28(27)41-15-14-32-19-24(36)16-22-10-12-26(29(17-22)40-5)34-31(39)33-25-9-7-6-8-21(25)3/h6-13,17-18,20,32H,14-16,19H2,1-5H3,(H,37,38)(H2,33,34,39). The maximum Gasteiger partial charge on any atom is 0.335 e. The molecule has 2 amide bonds. The highest BCUT2D eigenvalue weighted by molar-refractivity contribution is 6.01. The Morgan fingerprint density at radius 3 is 2.37 bits per heavy atom. The van der Waals surface area contributed by atoms with Crippen LogP contribution in [-0.4, -0.2) is 62.8 Å². The van der Waals surface area contributed by atoms with Crippen LogP contribution in [0.15, 0.2) is 60.7 Å². The third kappa shape index (κ3) is 8.97. The van der Waals surface area contributed by atoms with E-state index in [9.17, 15) is 19.5 Å². The van der Waals surface area contributed by atoms with Crippen molar-refractivity contribution in [1.29, 1.82) is 0 Å². The van der Waals surface area contributed by atoms with Gasteiger partial charge >= 0.3 is 12.0 Å². The summed E-state index contributed by atoms with van der Waals surface area (Å²) in [6.07, 6.45) is 0.194. The van der Waals surface area contributed by atoms with Crippen LogP contribution < -0.4 is 30.3 Å². The summed E-state index contributed by atoms with van der Waals surface area (Å²) < 4.78 is 11.3. The number of para-hydroxylation sites is 1. The number of benzene rings is 3. The maximum absolute atomic E-state index is 12.6. The van der Waals surface area contributed by atoms with Gasteiger partial charge in [0.1, 0.15) is 18.1 Å². The quantitative estimate of drug-likeness (QED) is 0.203. The second kappa shape index (κ2) is 14.7. The molecule has 218 valence electrons. The minimum atomic E-state index is -0.998. The number of aromatic carboxylic acids is 1. The number of urea groups is 1. The molecule has 0 heterocycles. The largest absolute Gasteiger partial charge is 0.495 e. The number of amides is 2. The molecule has 3 rings (SSSR count). The number of ketones is 1. The van der Waals surface area contributed by atoms with Crippen molar-refractivity contribution in [1.82, 2.24) is 5.32 Å². The van der Waals surface area contributed by atoms with Gasteiger partial charge in [-0.05, 0) is 68.3 Å². The lowest BCUT2D eigenvalue weighted by molar-refractivity contribution is -0.117. The summed E-state index contributed by atoms with van der Waals surface area (Å²) in [6.45, 7) is 6.81. The average molecular weight is 563 g/mol. The monoisotopic (exact) mass is 562 g/mol. The number of methoxy groups -OCH3 is 1. The van der Waals surface area contributed by atoms with E-state index < -0.39 is 12.0 Å². The topological polar surface area (TPSA) is 129 Å². The number of Topliss-reactive ketones (excluding diaryl/α,β-unsaturated/α-hetero) is 1. The number of carboxylic acid groups (broad SMARTS) is 1. The molecule has 10 nitrogen and oxygen atoms in total. The second-order valence-corrected chi connectivity index (χ2v) is 9.86. The molecule has 0 bridgehead atoms. The van der Waals surface area contributed by atoms with E-state index in [4.69, 9.17) is 9.47 Å². The minimum Gasteiger partial charge on any atom is -0.495 e. The van der Waals surface area contributed by atoms with Gasteiger partial charge in [0.25, 0.3) is 0 Å². The van der Waals surface area contributed by atoms with E-state index in [1.54, 1.807) is 30.3 Å². The van der Waals surface area contributed by atoms with Crippen molar-refractivity contribution in [2.45, 2.75) is 33.2 Å². The Hall–Kier alpha value is -4.57. The molecule has 0 radical (unpaired) electrons. The highest BCUT2D eigenvalue weighted by Gasteiger charge is 2.16. The average Bonchev–Trinajstić information content (AvgIpc) is 2.94. The molecule has 0 atom stereocenters. The molecule has 0 aliphatic heterocycles. The fourth-order valence-corrected chi connectivity index (χ4v) is 4.02. The predicted molar refractivity (Wildman–Crippen MR) is 161 cm³/mol. The molecule has 0 aliphatic rings. The Bertz CT molecular complexity index is 1370. The molecule has 4 N–H and O–H groups in total. The van der Waals surface area contributed by atoms with Gasteiger partial charge in [0.2, 0.25) is 0 Å². The number of carbonyl (C=O) groups is 3. The van der Waals surface area contributed by atoms with Crippen LogP contribution in [0.5, 0.6) is 11.5 Å². The predicted octanol–water partition coefficient (Wildman–Crippen LogP) is 4.97. The van der Waals surface area contributed by atoms with Crippen LogP contribution in [0.4, 0.5) is 21.9 Å².